The average molecular weight is 212 g/mol. The smallest absolute Gasteiger partial charge is 0.192 e. The van der Waals surface area contributed by atoms with Crippen LogP contribution >= 0.6 is 0 Å². The van der Waals surface area contributed by atoms with Crippen molar-refractivity contribution in [1.29, 1.82) is 0 Å². The van der Waals surface area contributed by atoms with E-state index < -0.39 is 5.79 Å². The molecule has 0 unspecified atom stereocenters. The summed E-state index contributed by atoms with van der Waals surface area (Å²) in [6.07, 6.45) is 6.94. The van der Waals surface area contributed by atoms with Gasteiger partial charge in [0.25, 0.3) is 0 Å². The van der Waals surface area contributed by atoms with Gasteiger partial charge in [-0.1, -0.05) is 19.3 Å². The van der Waals surface area contributed by atoms with Gasteiger partial charge in [0.15, 0.2) is 5.79 Å². The van der Waals surface area contributed by atoms with Gasteiger partial charge in [0, 0.05) is 0 Å². The van der Waals surface area contributed by atoms with E-state index in [9.17, 15) is 0 Å². The Bertz CT molecular complexity index is 237. The Kier molecular flexibility index (Phi) is 2.49. The molecule has 0 aromatic rings. The van der Waals surface area contributed by atoms with Gasteiger partial charge in [-0.15, -0.1) is 0 Å². The molecule has 2 heterocycles. The standard InChI is InChI=1S/C12H20O3/c1-12-11(9-5-3-2-4-6-9)13-7-10(15-12)8-14-12/h9-11H,2-8H2,1H3/t10-,11-,12+/m0/s1. The van der Waals surface area contributed by atoms with Crippen LogP contribution in [0.15, 0.2) is 0 Å². The van der Waals surface area contributed by atoms with Crippen molar-refractivity contribution in [2.45, 2.75) is 57.0 Å². The summed E-state index contributed by atoms with van der Waals surface area (Å²) in [5.74, 6) is 0.188. The minimum absolute atomic E-state index is 0.163. The summed E-state index contributed by atoms with van der Waals surface area (Å²) in [7, 11) is 0. The minimum atomic E-state index is -0.453. The van der Waals surface area contributed by atoms with Crippen LogP contribution in [-0.2, 0) is 14.2 Å². The molecule has 1 aliphatic carbocycles. The molecule has 3 heteroatoms. The Morgan fingerprint density at radius 3 is 2.67 bits per heavy atom. The van der Waals surface area contributed by atoms with E-state index in [0.717, 1.165) is 6.61 Å². The highest BCUT2D eigenvalue weighted by atomic mass is 16.8. The van der Waals surface area contributed by atoms with Crippen LogP contribution in [0.5, 0.6) is 0 Å². The van der Waals surface area contributed by atoms with Gasteiger partial charge in [-0.05, 0) is 25.7 Å². The third-order valence-electron chi connectivity index (χ3n) is 4.01. The molecule has 3 nitrogen and oxygen atoms in total. The van der Waals surface area contributed by atoms with E-state index in [1.165, 1.54) is 32.1 Å². The summed E-state index contributed by atoms with van der Waals surface area (Å²) in [6.45, 7) is 3.47. The van der Waals surface area contributed by atoms with Crippen LogP contribution in [0.2, 0.25) is 0 Å². The number of hydrogen-bond acceptors (Lipinski definition) is 3. The van der Waals surface area contributed by atoms with Crippen LogP contribution in [0, 0.1) is 5.92 Å². The van der Waals surface area contributed by atoms with Crippen LogP contribution in [-0.4, -0.2) is 31.2 Å². The van der Waals surface area contributed by atoms with Gasteiger partial charge in [-0.2, -0.15) is 0 Å². The van der Waals surface area contributed by atoms with Crippen LogP contribution in [0.4, 0.5) is 0 Å². The molecule has 0 aromatic heterocycles. The maximum absolute atomic E-state index is 5.96. The van der Waals surface area contributed by atoms with E-state index >= 15 is 0 Å². The largest absolute Gasteiger partial charge is 0.370 e. The SMILES string of the molecule is C[C@]12OC[C@H](CO[C@H]1C1CCCCC1)O2. The van der Waals surface area contributed by atoms with E-state index in [-0.39, 0.29) is 12.2 Å². The van der Waals surface area contributed by atoms with Crippen molar-refractivity contribution in [3.63, 3.8) is 0 Å². The summed E-state index contributed by atoms with van der Waals surface area (Å²) < 4.78 is 17.6. The molecule has 2 aliphatic heterocycles. The maximum Gasteiger partial charge on any atom is 0.192 e. The van der Waals surface area contributed by atoms with Crippen molar-refractivity contribution < 1.29 is 14.2 Å². The van der Waals surface area contributed by atoms with E-state index in [2.05, 4.69) is 0 Å². The Morgan fingerprint density at radius 2 is 1.87 bits per heavy atom. The van der Waals surface area contributed by atoms with E-state index in [1.807, 2.05) is 6.92 Å². The zero-order chi connectivity index (χ0) is 10.3. The Hall–Kier alpha value is -0.120. The van der Waals surface area contributed by atoms with Crippen LogP contribution in [0.3, 0.4) is 0 Å². The fraction of sp³-hybridized carbons (Fsp3) is 1.00. The third kappa shape index (κ3) is 1.71. The van der Waals surface area contributed by atoms with Crippen molar-refractivity contribution in [3.8, 4) is 0 Å². The molecule has 0 spiro atoms. The minimum Gasteiger partial charge on any atom is -0.370 e. The second-order valence-electron chi connectivity index (χ2n) is 5.22. The second-order valence-corrected chi connectivity index (χ2v) is 5.22. The number of hydrogen-bond donors (Lipinski definition) is 0. The molecule has 0 amide bonds. The van der Waals surface area contributed by atoms with E-state index in [1.54, 1.807) is 0 Å². The van der Waals surface area contributed by atoms with E-state index in [4.69, 9.17) is 14.2 Å². The molecule has 1 saturated carbocycles. The lowest BCUT2D eigenvalue weighted by Crippen LogP contribution is -2.51. The van der Waals surface area contributed by atoms with Gasteiger partial charge in [0.1, 0.15) is 12.2 Å². The van der Waals surface area contributed by atoms with Crippen LogP contribution in [0.25, 0.3) is 0 Å². The first-order valence-corrected chi connectivity index (χ1v) is 6.21. The fourth-order valence-corrected chi connectivity index (χ4v) is 3.25. The zero-order valence-corrected chi connectivity index (χ0v) is 9.41. The number of fused-ring (bicyclic) bond motifs is 2. The molecule has 15 heavy (non-hydrogen) atoms. The first kappa shape index (κ1) is 10.1. The molecular weight excluding hydrogens is 192 g/mol. The van der Waals surface area contributed by atoms with Crippen molar-refractivity contribution in [2.75, 3.05) is 13.2 Å². The lowest BCUT2D eigenvalue weighted by molar-refractivity contribution is -0.280. The molecular formula is C12H20O3. The second kappa shape index (κ2) is 3.72. The molecule has 0 radical (unpaired) electrons. The highest BCUT2D eigenvalue weighted by Crippen LogP contribution is 2.41. The molecule has 3 aliphatic rings. The highest BCUT2D eigenvalue weighted by Gasteiger charge is 2.51. The summed E-state index contributed by atoms with van der Waals surface area (Å²) in [6, 6.07) is 0. The molecule has 86 valence electrons. The molecule has 2 bridgehead atoms. The lowest BCUT2D eigenvalue weighted by atomic mass is 9.82. The van der Waals surface area contributed by atoms with Gasteiger partial charge in [-0.25, -0.2) is 0 Å². The van der Waals surface area contributed by atoms with Gasteiger partial charge < -0.3 is 14.2 Å². The number of ether oxygens (including phenoxy) is 3. The monoisotopic (exact) mass is 212 g/mol. The first-order valence-electron chi connectivity index (χ1n) is 6.21. The van der Waals surface area contributed by atoms with Crippen molar-refractivity contribution in [3.05, 3.63) is 0 Å². The lowest BCUT2D eigenvalue weighted by Gasteiger charge is -2.41. The predicted molar refractivity (Wildman–Crippen MR) is 55.5 cm³/mol. The Morgan fingerprint density at radius 1 is 1.07 bits per heavy atom. The highest BCUT2D eigenvalue weighted by molar-refractivity contribution is 4.92. The predicted octanol–water partition coefficient (Wildman–Crippen LogP) is 2.10. The quantitative estimate of drug-likeness (QED) is 0.666. The summed E-state index contributed by atoms with van der Waals surface area (Å²) in [4.78, 5) is 0. The van der Waals surface area contributed by atoms with Gasteiger partial charge in [0.2, 0.25) is 0 Å². The van der Waals surface area contributed by atoms with Gasteiger partial charge in [-0.3, -0.25) is 0 Å². The van der Waals surface area contributed by atoms with Crippen molar-refractivity contribution in [1.82, 2.24) is 0 Å². The van der Waals surface area contributed by atoms with E-state index in [0.29, 0.717) is 12.5 Å². The summed E-state index contributed by atoms with van der Waals surface area (Å²) in [5.41, 5.74) is 0. The molecule has 0 aromatic carbocycles. The molecule has 3 atom stereocenters. The summed E-state index contributed by atoms with van der Waals surface area (Å²) in [5, 5.41) is 0. The third-order valence-corrected chi connectivity index (χ3v) is 4.01. The molecule has 3 rings (SSSR count). The normalized spacial score (nSPS) is 47.0. The Balaban J connectivity index is 1.73. The fourth-order valence-electron chi connectivity index (χ4n) is 3.25. The topological polar surface area (TPSA) is 27.7 Å². The Labute approximate surface area is 91.1 Å². The molecule has 2 saturated heterocycles. The van der Waals surface area contributed by atoms with Crippen LogP contribution < -0.4 is 0 Å². The summed E-state index contributed by atoms with van der Waals surface area (Å²) >= 11 is 0. The average Bonchev–Trinajstić information content (AvgIpc) is 2.56. The first-order chi connectivity index (χ1) is 7.28. The zero-order valence-electron chi connectivity index (χ0n) is 9.41. The van der Waals surface area contributed by atoms with Crippen molar-refractivity contribution >= 4 is 0 Å². The maximum atomic E-state index is 5.96. The van der Waals surface area contributed by atoms with Crippen LogP contribution in [0.1, 0.15) is 39.0 Å². The molecule has 0 N–H and O–H groups in total. The molecule has 3 fully saturated rings. The van der Waals surface area contributed by atoms with Gasteiger partial charge in [0.05, 0.1) is 13.2 Å². The van der Waals surface area contributed by atoms with Crippen molar-refractivity contribution in [2.24, 2.45) is 5.92 Å². The van der Waals surface area contributed by atoms with Gasteiger partial charge >= 0.3 is 0 Å². The number of rotatable bonds is 1.